The topological polar surface area (TPSA) is 79.5 Å². The first-order chi connectivity index (χ1) is 12.9. The number of carbonyl (C=O) groups is 2. The quantitative estimate of drug-likeness (QED) is 0.583. The number of ether oxygens (including phenoxy) is 1. The Labute approximate surface area is 171 Å². The highest BCUT2D eigenvalue weighted by Gasteiger charge is 2.08. The van der Waals surface area contributed by atoms with E-state index in [9.17, 15) is 9.59 Å². The average molecular weight is 450 g/mol. The van der Waals surface area contributed by atoms with Crippen LogP contribution in [0.3, 0.4) is 0 Å². The molecule has 0 fully saturated rings. The highest BCUT2D eigenvalue weighted by Crippen LogP contribution is 2.26. The fourth-order valence-corrected chi connectivity index (χ4v) is 2.96. The number of aryl methyl sites for hydroxylation is 1. The van der Waals surface area contributed by atoms with Crippen LogP contribution in [0.15, 0.2) is 46.9 Å². The number of benzene rings is 2. The lowest BCUT2D eigenvalue weighted by molar-refractivity contribution is -0.121. The largest absolute Gasteiger partial charge is 0.483 e. The van der Waals surface area contributed by atoms with Crippen molar-refractivity contribution >= 4 is 56.4 Å². The molecule has 0 spiro atoms. The number of carbonyl (C=O) groups excluding carboxylic acids is 2. The van der Waals surface area contributed by atoms with Gasteiger partial charge in [-0.25, -0.2) is 0 Å². The number of thiocarbonyl (C=S) groups is 1. The van der Waals surface area contributed by atoms with E-state index in [0.29, 0.717) is 17.1 Å². The summed E-state index contributed by atoms with van der Waals surface area (Å²) in [6.45, 7) is 3.35. The van der Waals surface area contributed by atoms with Gasteiger partial charge in [-0.15, -0.1) is 0 Å². The summed E-state index contributed by atoms with van der Waals surface area (Å²) in [6, 6.07) is 12.7. The monoisotopic (exact) mass is 449 g/mol. The van der Waals surface area contributed by atoms with Gasteiger partial charge in [-0.1, -0.05) is 13.0 Å². The van der Waals surface area contributed by atoms with Gasteiger partial charge in [0.05, 0.1) is 4.47 Å². The van der Waals surface area contributed by atoms with E-state index in [1.165, 1.54) is 12.5 Å². The first-order valence-electron chi connectivity index (χ1n) is 8.27. The number of halogens is 1. The molecule has 0 aliphatic heterocycles. The minimum Gasteiger partial charge on any atom is -0.483 e. The zero-order chi connectivity index (χ0) is 19.8. The van der Waals surface area contributed by atoms with Gasteiger partial charge < -0.3 is 15.4 Å². The molecular formula is C19H20BrN3O3S. The molecule has 2 aromatic rings. The summed E-state index contributed by atoms with van der Waals surface area (Å²) >= 11 is 8.56. The SMILES string of the molecule is CCc1ccc(OCC(=O)NC(=S)Nc2ccc(NC(C)=O)cc2)c(Br)c1. The van der Waals surface area contributed by atoms with Crippen LogP contribution in [0.1, 0.15) is 19.4 Å². The van der Waals surface area contributed by atoms with E-state index in [-0.39, 0.29) is 23.5 Å². The first-order valence-corrected chi connectivity index (χ1v) is 9.47. The van der Waals surface area contributed by atoms with Crippen LogP contribution in [-0.2, 0) is 16.0 Å². The van der Waals surface area contributed by atoms with Gasteiger partial charge in [0.2, 0.25) is 5.91 Å². The number of amides is 2. The van der Waals surface area contributed by atoms with Crippen LogP contribution in [-0.4, -0.2) is 23.5 Å². The second kappa shape index (κ2) is 10.0. The van der Waals surface area contributed by atoms with Crippen LogP contribution in [0.5, 0.6) is 5.75 Å². The number of hydrogen-bond donors (Lipinski definition) is 3. The maximum absolute atomic E-state index is 12.0. The Bertz CT molecular complexity index is 841. The molecule has 6 nitrogen and oxygen atoms in total. The third-order valence-electron chi connectivity index (χ3n) is 3.48. The van der Waals surface area contributed by atoms with Crippen LogP contribution in [0.25, 0.3) is 0 Å². The van der Waals surface area contributed by atoms with Gasteiger partial charge in [0, 0.05) is 18.3 Å². The van der Waals surface area contributed by atoms with Crippen molar-refractivity contribution in [1.82, 2.24) is 5.32 Å². The number of rotatable bonds is 6. The molecule has 0 aliphatic rings. The van der Waals surface area contributed by atoms with Crippen molar-refractivity contribution in [1.29, 1.82) is 0 Å². The fourth-order valence-electron chi connectivity index (χ4n) is 2.19. The zero-order valence-corrected chi connectivity index (χ0v) is 17.4. The predicted molar refractivity (Wildman–Crippen MR) is 114 cm³/mol. The van der Waals surface area contributed by atoms with Crippen molar-refractivity contribution in [3.05, 3.63) is 52.5 Å². The lowest BCUT2D eigenvalue weighted by atomic mass is 10.2. The van der Waals surface area contributed by atoms with E-state index in [2.05, 4.69) is 38.8 Å². The molecule has 0 aromatic heterocycles. The molecule has 0 unspecified atom stereocenters. The highest BCUT2D eigenvalue weighted by atomic mass is 79.9. The van der Waals surface area contributed by atoms with Crippen LogP contribution in [0.2, 0.25) is 0 Å². The molecule has 2 rings (SSSR count). The molecule has 142 valence electrons. The molecule has 0 heterocycles. The molecule has 8 heteroatoms. The Kier molecular flexibility index (Phi) is 7.75. The standard InChI is InChI=1S/C19H20BrN3O3S/c1-3-13-4-9-17(16(20)10-13)26-11-18(25)23-19(27)22-15-7-5-14(6-8-15)21-12(2)24/h4-10H,3,11H2,1-2H3,(H,21,24)(H2,22,23,25,27). The maximum atomic E-state index is 12.0. The summed E-state index contributed by atoms with van der Waals surface area (Å²) in [7, 11) is 0. The lowest BCUT2D eigenvalue weighted by Crippen LogP contribution is -2.37. The average Bonchev–Trinajstić information content (AvgIpc) is 2.61. The zero-order valence-electron chi connectivity index (χ0n) is 15.0. The van der Waals surface area contributed by atoms with E-state index in [1.54, 1.807) is 24.3 Å². The molecule has 0 atom stereocenters. The molecule has 3 N–H and O–H groups in total. The van der Waals surface area contributed by atoms with Gasteiger partial charge in [-0.05, 0) is 76.5 Å². The first kappa shape index (κ1) is 20.9. The minimum absolute atomic E-state index is 0.144. The van der Waals surface area contributed by atoms with Crippen molar-refractivity contribution < 1.29 is 14.3 Å². The van der Waals surface area contributed by atoms with Crippen LogP contribution in [0, 0.1) is 0 Å². The van der Waals surface area contributed by atoms with Crippen molar-refractivity contribution in [2.75, 3.05) is 17.2 Å². The number of hydrogen-bond acceptors (Lipinski definition) is 4. The maximum Gasteiger partial charge on any atom is 0.264 e. The van der Waals surface area contributed by atoms with E-state index in [1.807, 2.05) is 18.2 Å². The Hall–Kier alpha value is -2.45. The van der Waals surface area contributed by atoms with Gasteiger partial charge in [-0.2, -0.15) is 0 Å². The van der Waals surface area contributed by atoms with E-state index in [0.717, 1.165) is 10.9 Å². The number of anilines is 2. The van der Waals surface area contributed by atoms with E-state index >= 15 is 0 Å². The van der Waals surface area contributed by atoms with Crippen LogP contribution < -0.4 is 20.7 Å². The minimum atomic E-state index is -0.367. The summed E-state index contributed by atoms with van der Waals surface area (Å²) in [5.74, 6) is 0.0816. The van der Waals surface area contributed by atoms with Gasteiger partial charge in [0.25, 0.3) is 5.91 Å². The van der Waals surface area contributed by atoms with Gasteiger partial charge in [-0.3, -0.25) is 14.9 Å². The second-order valence-corrected chi connectivity index (χ2v) is 6.93. The summed E-state index contributed by atoms with van der Waals surface area (Å²) in [5, 5.41) is 8.29. The molecule has 2 amide bonds. The summed E-state index contributed by atoms with van der Waals surface area (Å²) in [5.41, 5.74) is 2.54. The summed E-state index contributed by atoms with van der Waals surface area (Å²) < 4.78 is 6.32. The third kappa shape index (κ3) is 6.99. The highest BCUT2D eigenvalue weighted by molar-refractivity contribution is 9.10. The molecule has 0 bridgehead atoms. The molecule has 2 aromatic carbocycles. The smallest absolute Gasteiger partial charge is 0.264 e. The van der Waals surface area contributed by atoms with Gasteiger partial charge >= 0.3 is 0 Å². The molecule has 0 saturated carbocycles. The molecular weight excluding hydrogens is 430 g/mol. The predicted octanol–water partition coefficient (Wildman–Crippen LogP) is 3.86. The van der Waals surface area contributed by atoms with Crippen molar-refractivity contribution in [3.8, 4) is 5.75 Å². The Balaban J connectivity index is 1.81. The van der Waals surface area contributed by atoms with Crippen LogP contribution in [0.4, 0.5) is 11.4 Å². The van der Waals surface area contributed by atoms with Crippen LogP contribution >= 0.6 is 28.1 Å². The fraction of sp³-hybridized carbons (Fsp3) is 0.211. The molecule has 0 saturated heterocycles. The normalized spacial score (nSPS) is 10.0. The Morgan fingerprint density at radius 3 is 2.26 bits per heavy atom. The summed E-state index contributed by atoms with van der Waals surface area (Å²) in [6.07, 6.45) is 0.922. The Morgan fingerprint density at radius 1 is 1.07 bits per heavy atom. The molecule has 0 radical (unpaired) electrons. The molecule has 0 aliphatic carbocycles. The van der Waals surface area contributed by atoms with Crippen molar-refractivity contribution in [3.63, 3.8) is 0 Å². The second-order valence-electron chi connectivity index (χ2n) is 5.67. The Morgan fingerprint density at radius 2 is 1.70 bits per heavy atom. The number of nitrogens with one attached hydrogen (secondary N) is 3. The van der Waals surface area contributed by atoms with Gasteiger partial charge in [0.15, 0.2) is 11.7 Å². The van der Waals surface area contributed by atoms with E-state index < -0.39 is 0 Å². The lowest BCUT2D eigenvalue weighted by Gasteiger charge is -2.12. The van der Waals surface area contributed by atoms with Gasteiger partial charge in [0.1, 0.15) is 5.75 Å². The van der Waals surface area contributed by atoms with Crippen molar-refractivity contribution in [2.45, 2.75) is 20.3 Å². The van der Waals surface area contributed by atoms with Crippen molar-refractivity contribution in [2.24, 2.45) is 0 Å². The third-order valence-corrected chi connectivity index (χ3v) is 4.30. The molecule has 27 heavy (non-hydrogen) atoms. The van der Waals surface area contributed by atoms with E-state index in [4.69, 9.17) is 17.0 Å². The summed E-state index contributed by atoms with van der Waals surface area (Å²) in [4.78, 5) is 23.0.